The van der Waals surface area contributed by atoms with Gasteiger partial charge in [0.2, 0.25) is 11.8 Å². The third kappa shape index (κ3) is 4.97. The van der Waals surface area contributed by atoms with Gasteiger partial charge in [-0.3, -0.25) is 14.6 Å². The maximum absolute atomic E-state index is 12.8. The average molecular weight is 590 g/mol. The van der Waals surface area contributed by atoms with E-state index < -0.39 is 0 Å². The molecule has 43 heavy (non-hydrogen) atoms. The number of pyridine rings is 1. The Morgan fingerprint density at radius 3 is 2.70 bits per heavy atom. The van der Waals surface area contributed by atoms with E-state index in [2.05, 4.69) is 49.4 Å². The first-order valence-electron chi connectivity index (χ1n) is 17.1. The van der Waals surface area contributed by atoms with Gasteiger partial charge in [-0.15, -0.1) is 0 Å². The fraction of sp³-hybridized carbons (Fsp3) is 0.750. The highest BCUT2D eigenvalue weighted by molar-refractivity contribution is 5.96. The first-order chi connectivity index (χ1) is 20.6. The molecule has 7 rings (SSSR count). The van der Waals surface area contributed by atoms with Crippen molar-refractivity contribution in [1.82, 2.24) is 15.6 Å². The van der Waals surface area contributed by atoms with Gasteiger partial charge in [0.25, 0.3) is 0 Å². The van der Waals surface area contributed by atoms with Gasteiger partial charge in [0.05, 0.1) is 12.7 Å². The van der Waals surface area contributed by atoms with Crippen molar-refractivity contribution in [1.29, 1.82) is 0 Å². The number of aromatic nitrogens is 1. The molecule has 3 saturated carbocycles. The van der Waals surface area contributed by atoms with Crippen LogP contribution in [0.3, 0.4) is 0 Å². The summed E-state index contributed by atoms with van der Waals surface area (Å²) in [6.07, 6.45) is 16.4. The van der Waals surface area contributed by atoms with Crippen molar-refractivity contribution in [3.8, 4) is 0 Å². The second-order valence-electron chi connectivity index (χ2n) is 15.6. The van der Waals surface area contributed by atoms with Crippen molar-refractivity contribution in [2.24, 2.45) is 46.3 Å². The number of rotatable bonds is 5. The standard InChI is InChI=1S/C36H51N3O4/c1-22-9-14-36(42-21-22)23(2)33-30(43-36)17-29-27-8-7-25-16-26(10-12-34(25,3)28(27)11-13-35(29,33)4)39-32(41)18-31(40)38-20-24-6-5-15-37-19-24/h5-7,15,19,22-23,26-30,33H,8-14,16-18,20-21H2,1-4H3,(H,38,40)(H,39,41)/t22-,23+,26+,27-,28+,29+,30+,33+,34+,35+,36-/m1/s1. The molecule has 1 aromatic heterocycles. The lowest BCUT2D eigenvalue weighted by molar-refractivity contribution is -0.272. The Morgan fingerprint density at radius 1 is 1.07 bits per heavy atom. The van der Waals surface area contributed by atoms with Crippen LogP contribution >= 0.6 is 0 Å². The summed E-state index contributed by atoms with van der Waals surface area (Å²) in [4.78, 5) is 29.3. The highest BCUT2D eigenvalue weighted by Crippen LogP contribution is 2.70. The monoisotopic (exact) mass is 589 g/mol. The Bertz CT molecular complexity index is 1260. The van der Waals surface area contributed by atoms with Crippen molar-refractivity contribution < 1.29 is 19.1 Å². The maximum atomic E-state index is 12.8. The summed E-state index contributed by atoms with van der Waals surface area (Å²) in [5.74, 6) is 3.04. The SMILES string of the molecule is C[C@@H]1CC[C@@]2(OC1)O[C@H]1C[C@H]3[C@@H]4CC=C5C[C@@H](NC(=O)CC(=O)NCc6cccnc6)CC[C@]5(C)[C@H]4CC[C@]3(C)[C@H]1[C@@H]2C. The number of carbonyl (C=O) groups is 2. The van der Waals surface area contributed by atoms with E-state index in [1.807, 2.05) is 12.1 Å². The summed E-state index contributed by atoms with van der Waals surface area (Å²) >= 11 is 0. The van der Waals surface area contributed by atoms with Crippen molar-refractivity contribution in [3.05, 3.63) is 41.7 Å². The molecule has 234 valence electrons. The molecule has 0 unspecified atom stereocenters. The van der Waals surface area contributed by atoms with Crippen LogP contribution in [0.4, 0.5) is 0 Å². The molecule has 7 nitrogen and oxygen atoms in total. The van der Waals surface area contributed by atoms with Crippen LogP contribution in [0.25, 0.3) is 0 Å². The summed E-state index contributed by atoms with van der Waals surface area (Å²) in [5, 5.41) is 6.03. The number of carbonyl (C=O) groups excluding carboxylic acids is 2. The van der Waals surface area contributed by atoms with Gasteiger partial charge in [0, 0.05) is 37.3 Å². The lowest BCUT2D eigenvalue weighted by atomic mass is 9.46. The van der Waals surface area contributed by atoms with Crippen LogP contribution in [-0.2, 0) is 25.6 Å². The van der Waals surface area contributed by atoms with Gasteiger partial charge < -0.3 is 20.1 Å². The second-order valence-corrected chi connectivity index (χ2v) is 15.6. The van der Waals surface area contributed by atoms with Crippen molar-refractivity contribution in [2.75, 3.05) is 6.61 Å². The Morgan fingerprint density at radius 2 is 1.93 bits per heavy atom. The predicted octanol–water partition coefficient (Wildman–Crippen LogP) is 5.94. The minimum Gasteiger partial charge on any atom is -0.353 e. The van der Waals surface area contributed by atoms with Crippen LogP contribution in [0.1, 0.15) is 97.5 Å². The Balaban J connectivity index is 0.975. The zero-order chi connectivity index (χ0) is 30.0. The molecule has 2 aliphatic heterocycles. The summed E-state index contributed by atoms with van der Waals surface area (Å²) in [6, 6.07) is 3.86. The number of allylic oxidation sites excluding steroid dienone is 1. The molecule has 5 fully saturated rings. The van der Waals surface area contributed by atoms with Crippen LogP contribution < -0.4 is 10.6 Å². The lowest BCUT2D eigenvalue weighted by Gasteiger charge is -2.58. The summed E-state index contributed by atoms with van der Waals surface area (Å²) in [6.45, 7) is 11.1. The topological polar surface area (TPSA) is 89.5 Å². The van der Waals surface area contributed by atoms with Crippen molar-refractivity contribution >= 4 is 11.8 Å². The van der Waals surface area contributed by atoms with Crippen LogP contribution in [-0.4, -0.2) is 41.3 Å². The molecule has 1 aromatic rings. The van der Waals surface area contributed by atoms with E-state index in [4.69, 9.17) is 9.47 Å². The highest BCUT2D eigenvalue weighted by atomic mass is 16.7. The summed E-state index contributed by atoms with van der Waals surface area (Å²) in [7, 11) is 0. The van der Waals surface area contributed by atoms with Gasteiger partial charge in [-0.2, -0.15) is 0 Å². The number of fused-ring (bicyclic) bond motifs is 7. The molecular weight excluding hydrogens is 538 g/mol. The normalized spacial score (nSPS) is 44.9. The quantitative estimate of drug-likeness (QED) is 0.328. The van der Waals surface area contributed by atoms with E-state index in [9.17, 15) is 9.59 Å². The van der Waals surface area contributed by atoms with Gasteiger partial charge in [0.1, 0.15) is 6.42 Å². The molecule has 2 amide bonds. The van der Waals surface area contributed by atoms with Gasteiger partial charge in [-0.1, -0.05) is 45.4 Å². The molecule has 0 bridgehead atoms. The highest BCUT2D eigenvalue weighted by Gasteiger charge is 2.68. The first-order valence-corrected chi connectivity index (χ1v) is 17.1. The Labute approximate surface area is 257 Å². The Kier molecular flexibility index (Phi) is 7.52. The van der Waals surface area contributed by atoms with E-state index in [0.29, 0.717) is 53.6 Å². The minimum atomic E-state index is -0.346. The zero-order valence-corrected chi connectivity index (χ0v) is 26.6. The number of hydrogen-bond acceptors (Lipinski definition) is 5. The zero-order valence-electron chi connectivity index (χ0n) is 26.6. The van der Waals surface area contributed by atoms with E-state index >= 15 is 0 Å². The second kappa shape index (κ2) is 11.0. The first kappa shape index (κ1) is 29.5. The van der Waals surface area contributed by atoms with E-state index in [1.165, 1.54) is 25.7 Å². The minimum absolute atomic E-state index is 0.109. The lowest BCUT2D eigenvalue weighted by Crippen LogP contribution is -2.53. The molecule has 0 radical (unpaired) electrons. The predicted molar refractivity (Wildman–Crippen MR) is 164 cm³/mol. The molecule has 7 heteroatoms. The van der Waals surface area contributed by atoms with Crippen molar-refractivity contribution in [3.63, 3.8) is 0 Å². The van der Waals surface area contributed by atoms with Crippen LogP contribution in [0.5, 0.6) is 0 Å². The molecule has 2 saturated heterocycles. The molecule has 0 aromatic carbocycles. The van der Waals surface area contributed by atoms with Gasteiger partial charge >= 0.3 is 0 Å². The van der Waals surface area contributed by atoms with Crippen LogP contribution in [0, 0.1) is 46.3 Å². The molecule has 6 aliphatic rings. The van der Waals surface area contributed by atoms with E-state index in [0.717, 1.165) is 44.3 Å². The molecule has 3 heterocycles. The molecular formula is C36H51N3O4. The fourth-order valence-electron chi connectivity index (χ4n) is 11.0. The third-order valence-electron chi connectivity index (χ3n) is 13.3. The molecule has 4 aliphatic carbocycles. The maximum Gasteiger partial charge on any atom is 0.229 e. The number of nitrogens with zero attached hydrogens (tertiary/aromatic N) is 1. The summed E-state index contributed by atoms with van der Waals surface area (Å²) < 4.78 is 13.5. The number of ether oxygens (including phenoxy) is 2. The van der Waals surface area contributed by atoms with E-state index in [1.54, 1.807) is 18.0 Å². The largest absolute Gasteiger partial charge is 0.353 e. The number of nitrogens with one attached hydrogen (secondary N) is 2. The smallest absolute Gasteiger partial charge is 0.229 e. The summed E-state index contributed by atoms with van der Waals surface area (Å²) in [5.41, 5.74) is 3.00. The average Bonchev–Trinajstić information content (AvgIpc) is 3.44. The molecule has 11 atom stereocenters. The van der Waals surface area contributed by atoms with Gasteiger partial charge in [-0.25, -0.2) is 0 Å². The number of hydrogen-bond donors (Lipinski definition) is 2. The Hall–Kier alpha value is -2.25. The van der Waals surface area contributed by atoms with Gasteiger partial charge in [0.15, 0.2) is 5.79 Å². The van der Waals surface area contributed by atoms with Crippen molar-refractivity contribution in [2.45, 2.75) is 116 Å². The fourth-order valence-corrected chi connectivity index (χ4v) is 11.0. The van der Waals surface area contributed by atoms with Crippen LogP contribution in [0.2, 0.25) is 0 Å². The van der Waals surface area contributed by atoms with E-state index in [-0.39, 0.29) is 35.5 Å². The molecule has 2 N–H and O–H groups in total. The van der Waals surface area contributed by atoms with Crippen LogP contribution in [0.15, 0.2) is 36.2 Å². The number of amides is 2. The third-order valence-corrected chi connectivity index (χ3v) is 13.3. The molecule has 1 spiro atoms. The van der Waals surface area contributed by atoms with Gasteiger partial charge in [-0.05, 0) is 103 Å².